The fourth-order valence-corrected chi connectivity index (χ4v) is 2.80. The van der Waals surface area contributed by atoms with E-state index >= 15 is 0 Å². The Kier molecular flexibility index (Phi) is 6.27. The molecule has 3 aromatic rings. The van der Waals surface area contributed by atoms with Gasteiger partial charge in [0.25, 0.3) is 11.8 Å². The number of esters is 1. The molecule has 0 spiro atoms. The summed E-state index contributed by atoms with van der Waals surface area (Å²) < 4.78 is 4.76. The highest BCUT2D eigenvalue weighted by Crippen LogP contribution is 2.25. The van der Waals surface area contributed by atoms with Crippen molar-refractivity contribution in [1.29, 1.82) is 0 Å². The summed E-state index contributed by atoms with van der Waals surface area (Å²) in [5.74, 6) is -1.23. The van der Waals surface area contributed by atoms with E-state index in [1.54, 1.807) is 30.3 Å². The molecule has 2 amide bonds. The van der Waals surface area contributed by atoms with Gasteiger partial charge in [0.15, 0.2) is 0 Å². The minimum absolute atomic E-state index is 0.255. The molecule has 0 unspecified atom stereocenters. The van der Waals surface area contributed by atoms with E-state index in [9.17, 15) is 14.4 Å². The molecule has 0 radical (unpaired) electrons. The highest BCUT2D eigenvalue weighted by molar-refractivity contribution is 6.10. The van der Waals surface area contributed by atoms with E-state index in [0.717, 1.165) is 11.1 Å². The molecule has 0 aromatic heterocycles. The van der Waals surface area contributed by atoms with Gasteiger partial charge in [-0.3, -0.25) is 9.59 Å². The number of benzene rings is 3. The van der Waals surface area contributed by atoms with Crippen LogP contribution in [0.4, 0.5) is 11.4 Å². The molecule has 0 heterocycles. The summed E-state index contributed by atoms with van der Waals surface area (Å²) >= 11 is 0. The van der Waals surface area contributed by atoms with Crippen LogP contribution < -0.4 is 10.6 Å². The van der Waals surface area contributed by atoms with Crippen LogP contribution in [0.1, 0.15) is 42.2 Å². The lowest BCUT2D eigenvalue weighted by molar-refractivity contribution is 0.0600. The number of amides is 2. The number of carbonyl (C=O) groups is 3. The van der Waals surface area contributed by atoms with Crippen LogP contribution in [-0.2, 0) is 4.74 Å². The van der Waals surface area contributed by atoms with Gasteiger partial charge in [0.05, 0.1) is 24.0 Å². The van der Waals surface area contributed by atoms with E-state index in [4.69, 9.17) is 4.74 Å². The van der Waals surface area contributed by atoms with E-state index in [0.29, 0.717) is 22.5 Å². The van der Waals surface area contributed by atoms with E-state index in [-0.39, 0.29) is 17.4 Å². The lowest BCUT2D eigenvalue weighted by atomic mass is 10.1. The van der Waals surface area contributed by atoms with Crippen molar-refractivity contribution in [3.8, 4) is 0 Å². The maximum atomic E-state index is 12.7. The van der Waals surface area contributed by atoms with Crippen molar-refractivity contribution in [2.45, 2.75) is 13.8 Å². The van der Waals surface area contributed by atoms with Gasteiger partial charge in [-0.25, -0.2) is 4.79 Å². The standard InChI is InChI=1S/C24H22N2O4/c1-15-4-8-17(9-5-15)22(27)25-20-13-12-19(24(29)30-3)14-21(20)26-23(28)18-10-6-16(2)7-11-18/h4-14H,1-3H3,(H,25,27)(H,26,28). The monoisotopic (exact) mass is 402 g/mol. The van der Waals surface area contributed by atoms with Gasteiger partial charge in [-0.15, -0.1) is 0 Å². The summed E-state index contributed by atoms with van der Waals surface area (Å²) in [5.41, 5.74) is 3.93. The van der Waals surface area contributed by atoms with Crippen molar-refractivity contribution < 1.29 is 19.1 Å². The van der Waals surface area contributed by atoms with Crippen molar-refractivity contribution in [1.82, 2.24) is 0 Å². The number of hydrogen-bond donors (Lipinski definition) is 2. The third-order valence-corrected chi connectivity index (χ3v) is 4.56. The first-order chi connectivity index (χ1) is 14.4. The second kappa shape index (κ2) is 9.05. The second-order valence-corrected chi connectivity index (χ2v) is 6.89. The fourth-order valence-electron chi connectivity index (χ4n) is 2.80. The van der Waals surface area contributed by atoms with Crippen molar-refractivity contribution in [2.75, 3.05) is 17.7 Å². The maximum Gasteiger partial charge on any atom is 0.337 e. The van der Waals surface area contributed by atoms with E-state index in [1.165, 1.54) is 19.2 Å². The number of ether oxygens (including phenoxy) is 1. The first-order valence-corrected chi connectivity index (χ1v) is 9.36. The largest absolute Gasteiger partial charge is 0.465 e. The van der Waals surface area contributed by atoms with Crippen LogP contribution in [-0.4, -0.2) is 24.9 Å². The molecule has 6 nitrogen and oxygen atoms in total. The number of anilines is 2. The summed E-state index contributed by atoms with van der Waals surface area (Å²) in [7, 11) is 1.28. The van der Waals surface area contributed by atoms with Crippen LogP contribution in [0.2, 0.25) is 0 Å². The van der Waals surface area contributed by atoms with Gasteiger partial charge in [0.2, 0.25) is 0 Å². The molecular formula is C24H22N2O4. The minimum Gasteiger partial charge on any atom is -0.465 e. The Morgan fingerprint density at radius 1 is 0.633 bits per heavy atom. The molecule has 3 aromatic carbocycles. The lowest BCUT2D eigenvalue weighted by Gasteiger charge is -2.14. The van der Waals surface area contributed by atoms with Gasteiger partial charge < -0.3 is 15.4 Å². The third-order valence-electron chi connectivity index (χ3n) is 4.56. The zero-order valence-corrected chi connectivity index (χ0v) is 17.0. The molecule has 30 heavy (non-hydrogen) atoms. The molecular weight excluding hydrogens is 380 g/mol. The molecule has 152 valence electrons. The van der Waals surface area contributed by atoms with Gasteiger partial charge in [-0.1, -0.05) is 35.4 Å². The summed E-state index contributed by atoms with van der Waals surface area (Å²) in [6.45, 7) is 3.87. The Morgan fingerprint density at radius 3 is 1.53 bits per heavy atom. The topological polar surface area (TPSA) is 84.5 Å². The number of hydrogen-bond acceptors (Lipinski definition) is 4. The molecule has 0 atom stereocenters. The first kappa shape index (κ1) is 20.8. The normalized spacial score (nSPS) is 10.2. The molecule has 2 N–H and O–H groups in total. The highest BCUT2D eigenvalue weighted by Gasteiger charge is 2.16. The van der Waals surface area contributed by atoms with Gasteiger partial charge in [-0.2, -0.15) is 0 Å². The average Bonchev–Trinajstić information content (AvgIpc) is 2.75. The van der Waals surface area contributed by atoms with Crippen molar-refractivity contribution in [3.63, 3.8) is 0 Å². The first-order valence-electron chi connectivity index (χ1n) is 9.36. The predicted octanol–water partition coefficient (Wildman–Crippen LogP) is 4.59. The van der Waals surface area contributed by atoms with Gasteiger partial charge >= 0.3 is 5.97 Å². The third kappa shape index (κ3) is 4.91. The Hall–Kier alpha value is -3.93. The van der Waals surface area contributed by atoms with Crippen LogP contribution >= 0.6 is 0 Å². The van der Waals surface area contributed by atoms with E-state index in [1.807, 2.05) is 38.1 Å². The Labute approximate surface area is 174 Å². The highest BCUT2D eigenvalue weighted by atomic mass is 16.5. The van der Waals surface area contributed by atoms with E-state index in [2.05, 4.69) is 10.6 Å². The molecule has 0 saturated carbocycles. The molecule has 6 heteroatoms. The number of rotatable bonds is 5. The average molecular weight is 402 g/mol. The molecule has 0 aliphatic rings. The zero-order chi connectivity index (χ0) is 21.7. The van der Waals surface area contributed by atoms with Crippen LogP contribution in [0.25, 0.3) is 0 Å². The van der Waals surface area contributed by atoms with Gasteiger partial charge in [0, 0.05) is 11.1 Å². The Balaban J connectivity index is 1.90. The van der Waals surface area contributed by atoms with Crippen LogP contribution in [0, 0.1) is 13.8 Å². The summed E-state index contributed by atoms with van der Waals surface area (Å²) in [4.78, 5) is 37.2. The zero-order valence-electron chi connectivity index (χ0n) is 17.0. The quantitative estimate of drug-likeness (QED) is 0.611. The van der Waals surface area contributed by atoms with Crippen molar-refractivity contribution >= 4 is 29.2 Å². The number of nitrogens with one attached hydrogen (secondary N) is 2. The molecule has 0 aliphatic carbocycles. The summed E-state index contributed by atoms with van der Waals surface area (Å²) in [5, 5.41) is 5.56. The van der Waals surface area contributed by atoms with E-state index < -0.39 is 5.97 Å². The van der Waals surface area contributed by atoms with Crippen LogP contribution in [0.5, 0.6) is 0 Å². The number of aryl methyl sites for hydroxylation is 2. The Bertz CT molecular complexity index is 1090. The van der Waals surface area contributed by atoms with Crippen LogP contribution in [0.3, 0.4) is 0 Å². The lowest BCUT2D eigenvalue weighted by Crippen LogP contribution is -2.17. The molecule has 3 rings (SSSR count). The number of carbonyl (C=O) groups excluding carboxylic acids is 3. The molecule has 0 saturated heterocycles. The number of methoxy groups -OCH3 is 1. The van der Waals surface area contributed by atoms with Gasteiger partial charge in [-0.05, 0) is 56.3 Å². The predicted molar refractivity (Wildman–Crippen MR) is 116 cm³/mol. The molecule has 0 aliphatic heterocycles. The maximum absolute atomic E-state index is 12.7. The minimum atomic E-state index is -0.544. The van der Waals surface area contributed by atoms with Gasteiger partial charge in [0.1, 0.15) is 0 Å². The molecule has 0 bridgehead atoms. The van der Waals surface area contributed by atoms with Crippen molar-refractivity contribution in [3.05, 3.63) is 94.5 Å². The summed E-state index contributed by atoms with van der Waals surface area (Å²) in [6, 6.07) is 18.8. The fraction of sp³-hybridized carbons (Fsp3) is 0.125. The molecule has 0 fully saturated rings. The SMILES string of the molecule is COC(=O)c1ccc(NC(=O)c2ccc(C)cc2)c(NC(=O)c2ccc(C)cc2)c1. The smallest absolute Gasteiger partial charge is 0.337 e. The van der Waals surface area contributed by atoms with Crippen LogP contribution in [0.15, 0.2) is 66.7 Å². The second-order valence-electron chi connectivity index (χ2n) is 6.89. The Morgan fingerprint density at radius 2 is 1.07 bits per heavy atom. The van der Waals surface area contributed by atoms with Crippen molar-refractivity contribution in [2.24, 2.45) is 0 Å². The summed E-state index contributed by atoms with van der Waals surface area (Å²) in [6.07, 6.45) is 0.